The van der Waals surface area contributed by atoms with E-state index in [-0.39, 0.29) is 23.1 Å². The Kier molecular flexibility index (Phi) is 4.93. The summed E-state index contributed by atoms with van der Waals surface area (Å²) < 4.78 is 5.19. The number of primary amides is 1. The van der Waals surface area contributed by atoms with Crippen LogP contribution in [0.15, 0.2) is 48.5 Å². The molecular weight excluding hydrogens is 348 g/mol. The molecule has 9 heteroatoms. The number of hydrogen-bond donors (Lipinski definition) is 5. The van der Waals surface area contributed by atoms with E-state index < -0.39 is 5.91 Å². The molecule has 1 heterocycles. The van der Waals surface area contributed by atoms with Gasteiger partial charge in [-0.2, -0.15) is 5.10 Å². The van der Waals surface area contributed by atoms with Crippen LogP contribution in [0.2, 0.25) is 0 Å². The minimum atomic E-state index is -0.690. The smallest absolute Gasteiger partial charge is 0.259 e. The van der Waals surface area contributed by atoms with Gasteiger partial charge in [-0.05, 0) is 36.4 Å². The number of rotatable bonds is 6. The Hall–Kier alpha value is -4.01. The third-order valence-corrected chi connectivity index (χ3v) is 3.80. The number of ether oxygens (including phenoxy) is 1. The lowest BCUT2D eigenvalue weighted by Crippen LogP contribution is -2.14. The van der Waals surface area contributed by atoms with E-state index in [4.69, 9.17) is 16.2 Å². The van der Waals surface area contributed by atoms with E-state index in [2.05, 4.69) is 20.8 Å². The predicted octanol–water partition coefficient (Wildman–Crippen LogP) is 2.10. The monoisotopic (exact) mass is 366 g/mol. The Labute approximate surface area is 154 Å². The van der Waals surface area contributed by atoms with E-state index in [0.717, 1.165) is 0 Å². The molecule has 3 aromatic rings. The van der Waals surface area contributed by atoms with Crippen molar-refractivity contribution in [2.75, 3.05) is 23.5 Å². The summed E-state index contributed by atoms with van der Waals surface area (Å²) in [6, 6.07) is 13.8. The van der Waals surface area contributed by atoms with Crippen molar-refractivity contribution in [1.29, 1.82) is 0 Å². The summed E-state index contributed by atoms with van der Waals surface area (Å²) >= 11 is 0. The summed E-state index contributed by atoms with van der Waals surface area (Å²) in [6.45, 7) is 0. The first-order chi connectivity index (χ1) is 13.0. The second-order valence-corrected chi connectivity index (χ2v) is 5.58. The molecule has 0 fully saturated rings. The molecule has 0 aliphatic heterocycles. The summed E-state index contributed by atoms with van der Waals surface area (Å²) in [7, 11) is 1.51. The van der Waals surface area contributed by atoms with Gasteiger partial charge in [-0.1, -0.05) is 12.1 Å². The van der Waals surface area contributed by atoms with Crippen LogP contribution in [0.25, 0.3) is 0 Å². The van der Waals surface area contributed by atoms with Crippen LogP contribution in [0.1, 0.15) is 20.7 Å². The summed E-state index contributed by atoms with van der Waals surface area (Å²) in [5, 5.41) is 12.2. The minimum absolute atomic E-state index is 0.0866. The Morgan fingerprint density at radius 3 is 2.41 bits per heavy atom. The largest absolute Gasteiger partial charge is 0.496 e. The van der Waals surface area contributed by atoms with Crippen molar-refractivity contribution in [1.82, 2.24) is 10.2 Å². The number of hydrogen-bond acceptors (Lipinski definition) is 6. The molecule has 0 bridgehead atoms. The van der Waals surface area contributed by atoms with Crippen molar-refractivity contribution < 1.29 is 14.3 Å². The number of amides is 2. The Morgan fingerprint density at radius 1 is 1.07 bits per heavy atom. The maximum absolute atomic E-state index is 12.4. The van der Waals surface area contributed by atoms with Crippen LogP contribution in [0, 0.1) is 0 Å². The Bertz CT molecular complexity index is 981. The fourth-order valence-electron chi connectivity index (χ4n) is 2.50. The highest BCUT2D eigenvalue weighted by atomic mass is 16.5. The number of nitrogens with one attached hydrogen (secondary N) is 3. The van der Waals surface area contributed by atoms with E-state index in [1.165, 1.54) is 7.11 Å². The van der Waals surface area contributed by atoms with Gasteiger partial charge in [0.2, 0.25) is 0 Å². The Balaban J connectivity index is 1.72. The van der Waals surface area contributed by atoms with Gasteiger partial charge in [0.25, 0.3) is 11.8 Å². The van der Waals surface area contributed by atoms with Crippen LogP contribution in [-0.4, -0.2) is 29.1 Å². The quantitative estimate of drug-likeness (QED) is 0.451. The number of nitrogen functional groups attached to an aromatic ring is 1. The summed E-state index contributed by atoms with van der Waals surface area (Å²) in [5.41, 5.74) is 12.7. The van der Waals surface area contributed by atoms with Gasteiger partial charge in [-0.15, -0.1) is 0 Å². The summed E-state index contributed by atoms with van der Waals surface area (Å²) in [4.78, 5) is 23.8. The van der Waals surface area contributed by atoms with Crippen LogP contribution < -0.4 is 26.8 Å². The number of carbonyl (C=O) groups is 2. The zero-order chi connectivity index (χ0) is 19.4. The van der Waals surface area contributed by atoms with Gasteiger partial charge in [0.1, 0.15) is 17.1 Å². The van der Waals surface area contributed by atoms with Crippen LogP contribution in [-0.2, 0) is 0 Å². The molecule has 9 nitrogen and oxygen atoms in total. The molecule has 0 saturated carbocycles. The van der Waals surface area contributed by atoms with E-state index in [1.807, 2.05) is 0 Å². The van der Waals surface area contributed by atoms with Crippen molar-refractivity contribution in [3.63, 3.8) is 0 Å². The predicted molar refractivity (Wildman–Crippen MR) is 102 cm³/mol. The molecule has 0 spiro atoms. The maximum atomic E-state index is 12.4. The van der Waals surface area contributed by atoms with Gasteiger partial charge < -0.3 is 26.8 Å². The number of methoxy groups -OCH3 is 1. The van der Waals surface area contributed by atoms with Gasteiger partial charge >= 0.3 is 0 Å². The second kappa shape index (κ2) is 7.48. The average molecular weight is 366 g/mol. The lowest BCUT2D eigenvalue weighted by atomic mass is 10.2. The van der Waals surface area contributed by atoms with E-state index in [9.17, 15) is 9.59 Å². The fourth-order valence-corrected chi connectivity index (χ4v) is 2.50. The number of para-hydroxylation sites is 1. The number of aromatic amines is 1. The van der Waals surface area contributed by atoms with Crippen molar-refractivity contribution in [3.05, 3.63) is 59.7 Å². The van der Waals surface area contributed by atoms with Crippen LogP contribution in [0.4, 0.5) is 23.0 Å². The molecule has 138 valence electrons. The van der Waals surface area contributed by atoms with Gasteiger partial charge in [0, 0.05) is 11.4 Å². The zero-order valence-corrected chi connectivity index (χ0v) is 14.4. The first kappa shape index (κ1) is 17.8. The third-order valence-electron chi connectivity index (χ3n) is 3.80. The van der Waals surface area contributed by atoms with Crippen LogP contribution in [0.3, 0.4) is 0 Å². The molecule has 1 aromatic heterocycles. The molecule has 0 radical (unpaired) electrons. The number of H-pyrrole nitrogens is 1. The maximum Gasteiger partial charge on any atom is 0.259 e. The van der Waals surface area contributed by atoms with Gasteiger partial charge in [0.15, 0.2) is 5.82 Å². The average Bonchev–Trinajstić information content (AvgIpc) is 3.03. The van der Waals surface area contributed by atoms with E-state index in [1.54, 1.807) is 48.5 Å². The summed E-state index contributed by atoms with van der Waals surface area (Å²) in [5.74, 6) is -0.173. The highest BCUT2D eigenvalue weighted by Crippen LogP contribution is 2.24. The molecule has 3 rings (SSSR count). The molecule has 2 aromatic carbocycles. The lowest BCUT2D eigenvalue weighted by molar-refractivity contribution is 0.0998. The van der Waals surface area contributed by atoms with Gasteiger partial charge in [0.05, 0.1) is 12.7 Å². The van der Waals surface area contributed by atoms with Crippen LogP contribution in [0.5, 0.6) is 5.75 Å². The van der Waals surface area contributed by atoms with Crippen molar-refractivity contribution >= 4 is 34.8 Å². The SMILES string of the molecule is COc1ccccc1C(=O)Nc1ccc(Nc2n[nH]c(N)c2C(N)=O)cc1. The highest BCUT2D eigenvalue weighted by Gasteiger charge is 2.16. The number of nitrogens with two attached hydrogens (primary N) is 2. The fraction of sp³-hybridized carbons (Fsp3) is 0.0556. The number of nitrogens with zero attached hydrogens (tertiary/aromatic N) is 1. The van der Waals surface area contributed by atoms with E-state index >= 15 is 0 Å². The molecule has 0 unspecified atom stereocenters. The minimum Gasteiger partial charge on any atom is -0.496 e. The van der Waals surface area contributed by atoms with E-state index in [0.29, 0.717) is 22.7 Å². The molecule has 7 N–H and O–H groups in total. The summed E-state index contributed by atoms with van der Waals surface area (Å²) in [6.07, 6.45) is 0. The van der Waals surface area contributed by atoms with Crippen molar-refractivity contribution in [3.8, 4) is 5.75 Å². The lowest BCUT2D eigenvalue weighted by Gasteiger charge is -2.10. The first-order valence-electron chi connectivity index (χ1n) is 7.94. The van der Waals surface area contributed by atoms with Gasteiger partial charge in [-0.25, -0.2) is 0 Å². The molecule has 0 saturated heterocycles. The van der Waals surface area contributed by atoms with Crippen molar-refractivity contribution in [2.24, 2.45) is 5.73 Å². The molecule has 0 aliphatic rings. The van der Waals surface area contributed by atoms with Crippen LogP contribution >= 0.6 is 0 Å². The van der Waals surface area contributed by atoms with Crippen molar-refractivity contribution in [2.45, 2.75) is 0 Å². The topological polar surface area (TPSA) is 148 Å². The molecule has 2 amide bonds. The zero-order valence-electron chi connectivity index (χ0n) is 14.4. The number of benzene rings is 2. The number of aromatic nitrogens is 2. The first-order valence-corrected chi connectivity index (χ1v) is 7.94. The third kappa shape index (κ3) is 3.82. The number of carbonyl (C=O) groups excluding carboxylic acids is 2. The normalized spacial score (nSPS) is 10.3. The molecular formula is C18H18N6O3. The molecule has 0 atom stereocenters. The standard InChI is InChI=1S/C18H18N6O3/c1-27-13-5-3-2-4-12(13)18(26)22-11-8-6-10(7-9-11)21-17-14(16(20)25)15(19)23-24-17/h2-9H,1H3,(H2,20,25)(H,22,26)(H4,19,21,23,24). The highest BCUT2D eigenvalue weighted by molar-refractivity contribution is 6.06. The second-order valence-electron chi connectivity index (χ2n) is 5.58. The number of anilines is 4. The van der Waals surface area contributed by atoms with Gasteiger partial charge in [-0.3, -0.25) is 14.7 Å². The molecule has 0 aliphatic carbocycles. The molecule has 27 heavy (non-hydrogen) atoms. The Morgan fingerprint density at radius 2 is 1.74 bits per heavy atom.